The summed E-state index contributed by atoms with van der Waals surface area (Å²) in [6.07, 6.45) is 1.45. The third kappa shape index (κ3) is 6.88. The van der Waals surface area contributed by atoms with E-state index in [4.69, 9.17) is 16.3 Å². The second-order valence-corrected chi connectivity index (χ2v) is 11.3. The van der Waals surface area contributed by atoms with Gasteiger partial charge >= 0.3 is 0 Å². The van der Waals surface area contributed by atoms with Gasteiger partial charge in [0.25, 0.3) is 17.7 Å². The lowest BCUT2D eigenvalue weighted by atomic mass is 9.96. The number of carbonyl (C=O) groups is 3. The normalized spacial score (nSPS) is 14.0. The Morgan fingerprint density at radius 2 is 1.67 bits per heavy atom. The van der Waals surface area contributed by atoms with Gasteiger partial charge < -0.3 is 14.5 Å². The minimum absolute atomic E-state index is 0.104. The third-order valence-electron chi connectivity index (χ3n) is 6.54. The van der Waals surface area contributed by atoms with Crippen LogP contribution < -0.4 is 20.5 Å². The fraction of sp³-hybridized carbons (Fsp3) is 0.357. The van der Waals surface area contributed by atoms with Crippen molar-refractivity contribution >= 4 is 46.3 Å². The van der Waals surface area contributed by atoms with E-state index in [-0.39, 0.29) is 17.5 Å². The van der Waals surface area contributed by atoms with Crippen molar-refractivity contribution in [2.75, 3.05) is 32.1 Å². The predicted octanol–water partition coefficient (Wildman–Crippen LogP) is 4.50. The minimum atomic E-state index is -1.07. The Bertz CT molecular complexity index is 1330. The molecule has 0 aliphatic carbocycles. The van der Waals surface area contributed by atoms with Crippen molar-refractivity contribution in [3.05, 3.63) is 75.2 Å². The van der Waals surface area contributed by atoms with Crippen LogP contribution in [-0.2, 0) is 4.79 Å². The summed E-state index contributed by atoms with van der Waals surface area (Å²) in [5.41, 5.74) is 5.44. The number of ether oxygens (including phenoxy) is 1. The zero-order valence-corrected chi connectivity index (χ0v) is 23.9. The molecule has 1 aliphatic rings. The van der Waals surface area contributed by atoms with Gasteiger partial charge in [-0.25, -0.2) is 4.98 Å². The van der Waals surface area contributed by atoms with E-state index in [1.165, 1.54) is 11.3 Å². The molecule has 3 aromatic rings. The minimum Gasteiger partial charge on any atom is -0.476 e. The van der Waals surface area contributed by atoms with Gasteiger partial charge in [-0.3, -0.25) is 25.2 Å². The van der Waals surface area contributed by atoms with Crippen LogP contribution in [0, 0.1) is 0 Å². The number of benzene rings is 2. The molecule has 2 heterocycles. The summed E-state index contributed by atoms with van der Waals surface area (Å²) >= 11 is 7.61. The van der Waals surface area contributed by atoms with Crippen molar-refractivity contribution in [2.24, 2.45) is 0 Å². The molecule has 1 aromatic heterocycles. The summed E-state index contributed by atoms with van der Waals surface area (Å²) in [5, 5.41) is 2.98. The van der Waals surface area contributed by atoms with Crippen molar-refractivity contribution in [3.63, 3.8) is 0 Å². The molecule has 2 N–H and O–H groups in total. The number of hydrogen-bond acceptors (Lipinski definition) is 7. The van der Waals surface area contributed by atoms with Crippen molar-refractivity contribution in [1.29, 1.82) is 0 Å². The van der Waals surface area contributed by atoms with Gasteiger partial charge in [-0.15, -0.1) is 11.3 Å². The fourth-order valence-corrected chi connectivity index (χ4v) is 5.44. The molecule has 0 atom stereocenters. The van der Waals surface area contributed by atoms with Crippen molar-refractivity contribution in [2.45, 2.75) is 38.2 Å². The Labute approximate surface area is 237 Å². The van der Waals surface area contributed by atoms with Crippen molar-refractivity contribution in [1.82, 2.24) is 20.7 Å². The Balaban J connectivity index is 1.28. The van der Waals surface area contributed by atoms with E-state index < -0.39 is 17.4 Å². The molecule has 9 nitrogen and oxygen atoms in total. The summed E-state index contributed by atoms with van der Waals surface area (Å²) in [7, 11) is 3.83. The van der Waals surface area contributed by atoms with E-state index >= 15 is 0 Å². The molecule has 1 aliphatic heterocycles. The lowest BCUT2D eigenvalue weighted by Crippen LogP contribution is -2.51. The molecule has 0 radical (unpaired) electrons. The highest BCUT2D eigenvalue weighted by molar-refractivity contribution is 7.09. The highest BCUT2D eigenvalue weighted by atomic mass is 35.5. The molecule has 1 fully saturated rings. The van der Waals surface area contributed by atoms with E-state index in [0.717, 1.165) is 23.5 Å². The monoisotopic (exact) mass is 569 g/mol. The van der Waals surface area contributed by atoms with Crippen molar-refractivity contribution in [3.8, 4) is 5.75 Å². The number of rotatable bonds is 7. The van der Waals surface area contributed by atoms with Gasteiger partial charge in [0.05, 0.1) is 10.0 Å². The highest BCUT2D eigenvalue weighted by Gasteiger charge is 2.37. The lowest BCUT2D eigenvalue weighted by Gasteiger charge is -2.36. The maximum absolute atomic E-state index is 13.2. The Hall–Kier alpha value is -3.63. The Morgan fingerprint density at radius 3 is 2.31 bits per heavy atom. The number of anilines is 1. The molecular formula is C28H32ClN5O4S. The average Bonchev–Trinajstić information content (AvgIpc) is 3.43. The second-order valence-electron chi connectivity index (χ2n) is 10.0. The van der Waals surface area contributed by atoms with Crippen LogP contribution in [0.3, 0.4) is 0 Å². The standard InChI is InChI=1S/C28H32ClN5O4S/c1-28(2,38-23-8-6-5-7-21(23)29)27(37)34-15-13-19(14-16-34)26-30-22(17-39-26)25(36)32-31-24(35)18-9-11-20(12-10-18)33(3)4/h5-12,17,19H,13-16H2,1-4H3,(H,31,35)(H,32,36). The van der Waals surface area contributed by atoms with Crippen LogP contribution in [0.15, 0.2) is 53.9 Å². The first-order chi connectivity index (χ1) is 18.5. The zero-order chi connectivity index (χ0) is 28.2. The van der Waals surface area contributed by atoms with Crippen LogP contribution in [0.1, 0.15) is 58.5 Å². The summed E-state index contributed by atoms with van der Waals surface area (Å²) in [6, 6.07) is 14.1. The molecule has 3 amide bonds. The van der Waals surface area contributed by atoms with Gasteiger partial charge in [-0.1, -0.05) is 23.7 Å². The maximum atomic E-state index is 13.2. The molecular weight excluding hydrogens is 538 g/mol. The molecule has 1 saturated heterocycles. The van der Waals surface area contributed by atoms with E-state index in [1.54, 1.807) is 48.4 Å². The molecule has 0 bridgehead atoms. The number of nitrogens with one attached hydrogen (secondary N) is 2. The first-order valence-electron chi connectivity index (χ1n) is 12.6. The number of thiazole rings is 1. The fourth-order valence-electron chi connectivity index (χ4n) is 4.30. The number of aromatic nitrogens is 1. The summed E-state index contributed by atoms with van der Waals surface area (Å²) in [5.74, 6) is -0.394. The van der Waals surface area contributed by atoms with Gasteiger partial charge in [0, 0.05) is 49.7 Å². The second kappa shape index (κ2) is 12.0. The van der Waals surface area contributed by atoms with Crippen LogP contribution in [0.5, 0.6) is 5.75 Å². The first-order valence-corrected chi connectivity index (χ1v) is 13.9. The molecule has 11 heteroatoms. The molecule has 206 valence electrons. The molecule has 39 heavy (non-hydrogen) atoms. The smallest absolute Gasteiger partial charge is 0.289 e. The predicted molar refractivity (Wildman–Crippen MR) is 153 cm³/mol. The van der Waals surface area contributed by atoms with Crippen LogP contribution in [0.2, 0.25) is 5.02 Å². The number of para-hydroxylation sites is 1. The summed E-state index contributed by atoms with van der Waals surface area (Å²) < 4.78 is 5.96. The topological polar surface area (TPSA) is 104 Å². The quantitative estimate of drug-likeness (QED) is 0.406. The zero-order valence-electron chi connectivity index (χ0n) is 22.4. The largest absolute Gasteiger partial charge is 0.476 e. The lowest BCUT2D eigenvalue weighted by molar-refractivity contribution is -0.146. The number of piperidine rings is 1. The number of nitrogens with zero attached hydrogens (tertiary/aromatic N) is 3. The van der Waals surface area contributed by atoms with Gasteiger partial charge in [-0.2, -0.15) is 0 Å². The number of halogens is 1. The van der Waals surface area contributed by atoms with Crippen molar-refractivity contribution < 1.29 is 19.1 Å². The van der Waals surface area contributed by atoms with Crippen LogP contribution in [-0.4, -0.2) is 60.4 Å². The van der Waals surface area contributed by atoms with E-state index in [0.29, 0.717) is 29.4 Å². The SMILES string of the molecule is CN(C)c1ccc(C(=O)NNC(=O)c2csc(C3CCN(C(=O)C(C)(C)Oc4ccccc4Cl)CC3)n2)cc1. The number of amides is 3. The number of hydrazine groups is 1. The van der Waals surface area contributed by atoms with Gasteiger partial charge in [-0.05, 0) is 63.1 Å². The number of likely N-dealkylation sites (tertiary alicyclic amines) is 1. The molecule has 2 aromatic carbocycles. The Kier molecular flexibility index (Phi) is 8.76. The van der Waals surface area contributed by atoms with E-state index in [2.05, 4.69) is 15.8 Å². The van der Waals surface area contributed by atoms with Gasteiger partial charge in [0.1, 0.15) is 11.4 Å². The highest BCUT2D eigenvalue weighted by Crippen LogP contribution is 2.33. The van der Waals surface area contributed by atoms with E-state index in [1.807, 2.05) is 43.3 Å². The third-order valence-corrected chi connectivity index (χ3v) is 7.86. The van der Waals surface area contributed by atoms with Crippen LogP contribution in [0.25, 0.3) is 0 Å². The van der Waals surface area contributed by atoms with Gasteiger partial charge in [0.15, 0.2) is 5.60 Å². The summed E-state index contributed by atoms with van der Waals surface area (Å²) in [4.78, 5) is 46.4. The molecule has 4 rings (SSSR count). The molecule has 0 spiro atoms. The Morgan fingerprint density at radius 1 is 1.03 bits per heavy atom. The van der Waals surface area contributed by atoms with Crippen LogP contribution in [0.4, 0.5) is 5.69 Å². The molecule has 0 unspecified atom stereocenters. The molecule has 0 saturated carbocycles. The summed E-state index contributed by atoms with van der Waals surface area (Å²) in [6.45, 7) is 4.60. The van der Waals surface area contributed by atoms with E-state index in [9.17, 15) is 14.4 Å². The number of carbonyl (C=O) groups excluding carboxylic acids is 3. The first kappa shape index (κ1) is 28.4. The maximum Gasteiger partial charge on any atom is 0.289 e. The number of hydrogen-bond donors (Lipinski definition) is 2. The van der Waals surface area contributed by atoms with Gasteiger partial charge in [0.2, 0.25) is 0 Å². The van der Waals surface area contributed by atoms with Crippen LogP contribution >= 0.6 is 22.9 Å². The average molecular weight is 570 g/mol.